The zero-order valence-electron chi connectivity index (χ0n) is 48.1. The fraction of sp³-hybridized carbons (Fsp3) is 0.545. The smallest absolute Gasteiger partial charge is 0.405 e. The SMILES string of the molecule is CC(C)C[C@@H]1NC(=O)[C@@H](Cc2ccccc2)NC(=O)[C@H](CCN)NC(=O)[C@@H](NC(=O)[C@H](CCN)NC(=O)[C@@H](NC(=O)[C@H](Cc2c[nH]c3ccccc23)NC(=O)O)[C@@H](C)O)CCNC(=O)[C@H]([C@@H](C)O)NC(=O)[C@H](CCN)NC(=O)[C@H](CCN)NC1=O. The first-order valence-electron chi connectivity index (χ1n) is 28.2. The molecule has 30 heteroatoms. The van der Waals surface area contributed by atoms with Gasteiger partial charge in [-0.3, -0.25) is 47.9 Å². The Labute approximate surface area is 491 Å². The van der Waals surface area contributed by atoms with Crippen molar-refractivity contribution in [2.75, 3.05) is 32.7 Å². The second-order valence-corrected chi connectivity index (χ2v) is 21.2. The number of carbonyl (C=O) groups is 11. The average molecular weight is 1190 g/mol. The molecule has 468 valence electrons. The van der Waals surface area contributed by atoms with Crippen molar-refractivity contribution in [1.82, 2.24) is 63.5 Å². The van der Waals surface area contributed by atoms with Crippen LogP contribution in [0, 0.1) is 5.92 Å². The topological polar surface area (TPSA) is 501 Å². The molecule has 0 unspecified atom stereocenters. The van der Waals surface area contributed by atoms with Crippen molar-refractivity contribution in [2.45, 2.75) is 152 Å². The van der Waals surface area contributed by atoms with E-state index in [1.165, 1.54) is 6.92 Å². The lowest BCUT2D eigenvalue weighted by Crippen LogP contribution is -2.62. The van der Waals surface area contributed by atoms with E-state index in [4.69, 9.17) is 22.9 Å². The van der Waals surface area contributed by atoms with E-state index in [1.54, 1.807) is 74.6 Å². The van der Waals surface area contributed by atoms with Gasteiger partial charge in [-0.25, -0.2) is 4.79 Å². The molecule has 0 spiro atoms. The summed E-state index contributed by atoms with van der Waals surface area (Å²) in [5, 5.41) is 59.3. The van der Waals surface area contributed by atoms with Gasteiger partial charge in [-0.15, -0.1) is 0 Å². The van der Waals surface area contributed by atoms with Crippen LogP contribution in [-0.2, 0) is 60.8 Å². The highest BCUT2D eigenvalue weighted by Gasteiger charge is 2.38. The second-order valence-electron chi connectivity index (χ2n) is 21.2. The third kappa shape index (κ3) is 21.7. The maximum Gasteiger partial charge on any atom is 0.405 e. The minimum absolute atomic E-state index is 0.0356. The number of rotatable bonds is 23. The summed E-state index contributed by atoms with van der Waals surface area (Å²) < 4.78 is 0. The number of nitrogens with two attached hydrogens (primary N) is 4. The number of benzene rings is 2. The molecule has 0 aliphatic carbocycles. The first kappa shape index (κ1) is 69.2. The van der Waals surface area contributed by atoms with Crippen molar-refractivity contribution in [3.63, 3.8) is 0 Å². The van der Waals surface area contributed by atoms with E-state index in [-0.39, 0.29) is 77.0 Å². The van der Waals surface area contributed by atoms with E-state index >= 15 is 0 Å². The normalized spacial score (nSPS) is 22.5. The number of aliphatic hydroxyl groups excluding tert-OH is 2. The summed E-state index contributed by atoms with van der Waals surface area (Å²) in [4.78, 5) is 156. The van der Waals surface area contributed by atoms with Gasteiger partial charge in [0.05, 0.1) is 12.2 Å². The van der Waals surface area contributed by atoms with E-state index in [1.807, 2.05) is 0 Å². The Balaban J connectivity index is 1.72. The highest BCUT2D eigenvalue weighted by Crippen LogP contribution is 2.20. The molecule has 1 aromatic heterocycles. The Morgan fingerprint density at radius 3 is 1.67 bits per heavy atom. The minimum Gasteiger partial charge on any atom is -0.465 e. The molecule has 85 heavy (non-hydrogen) atoms. The number of hydrogen-bond donors (Lipinski definition) is 19. The standard InChI is InChI=1S/C55H84N16O14/c1-28(2)24-40-50(79)64-35(14-19-56)45(74)63-38(17-22-59)49(78)70-43(29(3)72)53(82)60-23-18-39(48(77)62-36(15-20-57)47(76)68-41(51(80)67-40)25-31-10-6-5-7-11-31)65-46(75)37(16-21-58)66-54(83)44(30(4)73)71-52(81)42(69-55(84)85)26-32-27-61-34-13-9-8-12-33(32)34/h5-13,27-30,35-44,61,69,72-73H,14-26,56-59H2,1-4H3,(H,60,82)(H,62,77)(H,63,74)(H,64,79)(H,65,75)(H,66,83)(H,67,80)(H,68,76)(H,70,78)(H,71,81)(H,84,85)/t29-,30-,35+,36+,37+,38+,39+,40+,41-,42+,43+,44+/m1/s1. The number of aromatic nitrogens is 1. The third-order valence-corrected chi connectivity index (χ3v) is 13.8. The quantitative estimate of drug-likeness (QED) is 0.0422. The van der Waals surface area contributed by atoms with Crippen LogP contribution in [0.4, 0.5) is 4.79 Å². The van der Waals surface area contributed by atoms with Crippen LogP contribution >= 0.6 is 0 Å². The largest absolute Gasteiger partial charge is 0.465 e. The molecule has 1 aliphatic heterocycles. The van der Waals surface area contributed by atoms with E-state index < -0.39 is 151 Å². The molecule has 11 amide bonds. The molecule has 1 fully saturated rings. The summed E-state index contributed by atoms with van der Waals surface area (Å²) in [6.07, 6.45) is -4.86. The number of carboxylic acid groups (broad SMARTS) is 1. The van der Waals surface area contributed by atoms with E-state index in [0.29, 0.717) is 22.0 Å². The van der Waals surface area contributed by atoms with Gasteiger partial charge >= 0.3 is 6.09 Å². The number of fused-ring (bicyclic) bond motifs is 1. The van der Waals surface area contributed by atoms with Crippen LogP contribution in [0.15, 0.2) is 60.8 Å². The Morgan fingerprint density at radius 2 is 1.12 bits per heavy atom. The predicted octanol–water partition coefficient (Wildman–Crippen LogP) is -5.32. The predicted molar refractivity (Wildman–Crippen MR) is 310 cm³/mol. The molecule has 1 saturated heterocycles. The highest BCUT2D eigenvalue weighted by atomic mass is 16.4. The van der Waals surface area contributed by atoms with Crippen LogP contribution in [-0.4, -0.2) is 191 Å². The van der Waals surface area contributed by atoms with Crippen LogP contribution in [0.3, 0.4) is 0 Å². The number of aliphatic hydroxyl groups is 2. The van der Waals surface area contributed by atoms with Crippen molar-refractivity contribution in [1.29, 1.82) is 0 Å². The summed E-state index contributed by atoms with van der Waals surface area (Å²) in [6.45, 7) is 4.67. The number of hydrogen-bond acceptors (Lipinski definition) is 17. The molecular weight excluding hydrogens is 1110 g/mol. The Morgan fingerprint density at radius 1 is 0.588 bits per heavy atom. The summed E-state index contributed by atoms with van der Waals surface area (Å²) in [6, 6.07) is 0.199. The number of carbonyl (C=O) groups excluding carboxylic acids is 10. The van der Waals surface area contributed by atoms with E-state index in [9.17, 15) is 68.1 Å². The number of nitrogens with one attached hydrogen (secondary N) is 12. The van der Waals surface area contributed by atoms with Crippen LogP contribution in [0.1, 0.15) is 77.3 Å². The zero-order chi connectivity index (χ0) is 62.9. The molecule has 0 bridgehead atoms. The fourth-order valence-corrected chi connectivity index (χ4v) is 9.31. The molecule has 0 radical (unpaired) electrons. The lowest BCUT2D eigenvalue weighted by Gasteiger charge is -2.29. The van der Waals surface area contributed by atoms with Gasteiger partial charge in [0.1, 0.15) is 60.4 Å². The zero-order valence-corrected chi connectivity index (χ0v) is 48.1. The van der Waals surface area contributed by atoms with Gasteiger partial charge in [0.2, 0.25) is 59.1 Å². The van der Waals surface area contributed by atoms with Gasteiger partial charge in [-0.05, 0) is 102 Å². The van der Waals surface area contributed by atoms with Crippen LogP contribution < -0.4 is 81.4 Å². The lowest BCUT2D eigenvalue weighted by molar-refractivity contribution is -0.136. The molecule has 3 aromatic rings. The maximum absolute atomic E-state index is 14.5. The van der Waals surface area contributed by atoms with Gasteiger partial charge in [-0.2, -0.15) is 0 Å². The molecule has 30 nitrogen and oxygen atoms in total. The summed E-state index contributed by atoms with van der Waals surface area (Å²) >= 11 is 0. The number of aromatic amines is 1. The van der Waals surface area contributed by atoms with Gasteiger partial charge < -0.3 is 102 Å². The van der Waals surface area contributed by atoms with E-state index in [2.05, 4.69) is 63.5 Å². The second kappa shape index (κ2) is 34.5. The van der Waals surface area contributed by atoms with Crippen molar-refractivity contribution in [3.8, 4) is 0 Å². The van der Waals surface area contributed by atoms with Crippen molar-refractivity contribution in [3.05, 3.63) is 71.9 Å². The van der Waals surface area contributed by atoms with Crippen molar-refractivity contribution < 1.29 is 68.1 Å². The number of H-pyrrole nitrogens is 1. The van der Waals surface area contributed by atoms with Crippen molar-refractivity contribution in [2.24, 2.45) is 28.9 Å². The minimum atomic E-state index is -1.80. The van der Waals surface area contributed by atoms with Crippen molar-refractivity contribution >= 4 is 76.1 Å². The Bertz CT molecular complexity index is 2760. The monoisotopic (exact) mass is 1190 g/mol. The first-order valence-corrected chi connectivity index (χ1v) is 28.2. The Hall–Kier alpha value is -8.29. The fourth-order valence-electron chi connectivity index (χ4n) is 9.31. The average Bonchev–Trinajstić information content (AvgIpc) is 4.16. The van der Waals surface area contributed by atoms with Gasteiger partial charge in [0.25, 0.3) is 0 Å². The molecule has 2 heterocycles. The van der Waals surface area contributed by atoms with Crippen LogP contribution in [0.2, 0.25) is 0 Å². The Kier molecular flexibility index (Phi) is 28.1. The summed E-state index contributed by atoms with van der Waals surface area (Å²) in [5.41, 5.74) is 25.4. The molecule has 23 N–H and O–H groups in total. The highest BCUT2D eigenvalue weighted by molar-refractivity contribution is 5.99. The van der Waals surface area contributed by atoms with Crippen LogP contribution in [0.25, 0.3) is 10.9 Å². The molecule has 1 aliphatic rings. The molecule has 0 saturated carbocycles. The van der Waals surface area contributed by atoms with Crippen LogP contribution in [0.5, 0.6) is 0 Å². The van der Waals surface area contributed by atoms with E-state index in [0.717, 1.165) is 6.92 Å². The van der Waals surface area contributed by atoms with Gasteiger partial charge in [-0.1, -0.05) is 62.4 Å². The molecule has 2 aromatic carbocycles. The maximum atomic E-state index is 14.5. The molecule has 4 rings (SSSR count). The summed E-state index contributed by atoms with van der Waals surface area (Å²) in [7, 11) is 0. The summed E-state index contributed by atoms with van der Waals surface area (Å²) in [5.74, 6) is -9.92. The lowest BCUT2D eigenvalue weighted by atomic mass is 10.00. The number of para-hydroxylation sites is 1. The van der Waals surface area contributed by atoms with Gasteiger partial charge in [0, 0.05) is 36.5 Å². The number of amides is 11. The third-order valence-electron chi connectivity index (χ3n) is 13.8. The first-order chi connectivity index (χ1) is 40.4. The molecule has 12 atom stereocenters. The van der Waals surface area contributed by atoms with Gasteiger partial charge in [0.15, 0.2) is 0 Å². The molecular formula is C55H84N16O14.